The summed E-state index contributed by atoms with van der Waals surface area (Å²) in [5, 5.41) is 0. The van der Waals surface area contributed by atoms with E-state index in [9.17, 15) is 7.67 Å². The Balaban J connectivity index is 3.43. The van der Waals surface area contributed by atoms with Gasteiger partial charge in [0.05, 0.1) is 0 Å². The van der Waals surface area contributed by atoms with Gasteiger partial charge in [0.15, 0.2) is 0 Å². The molecule has 1 aromatic rings. The Morgan fingerprint density at radius 3 is 2.25 bits per heavy atom. The summed E-state index contributed by atoms with van der Waals surface area (Å²) in [6.45, 7) is 3.44. The molecule has 0 radical (unpaired) electrons. The van der Waals surface area contributed by atoms with E-state index in [2.05, 4.69) is 0 Å². The molecule has 0 spiro atoms. The van der Waals surface area contributed by atoms with Crippen LogP contribution in [-0.2, 0) is 7.67 Å². The molecule has 0 aliphatic carbocycles. The first-order chi connectivity index (χ1) is 5.41. The van der Waals surface area contributed by atoms with Crippen molar-refractivity contribution in [2.75, 3.05) is 0 Å². The average Bonchev–Trinajstić information content (AvgIpc) is 1.92. The standard InChI is InChI=1S/C8H10O3Se/c1-6-3-4-7(2)8(5-6)12(9,10)11/h3-5H,1-2H3,(H,9,10,11). The van der Waals surface area contributed by atoms with Crippen molar-refractivity contribution in [2.45, 2.75) is 13.8 Å². The van der Waals surface area contributed by atoms with Gasteiger partial charge in [0.1, 0.15) is 0 Å². The molecule has 0 saturated carbocycles. The molecule has 0 unspecified atom stereocenters. The Hall–Kier alpha value is -0.701. The van der Waals surface area contributed by atoms with Crippen LogP contribution in [0.4, 0.5) is 0 Å². The number of aryl methyl sites for hydroxylation is 2. The van der Waals surface area contributed by atoms with Gasteiger partial charge in [0.25, 0.3) is 0 Å². The molecule has 3 nitrogen and oxygen atoms in total. The zero-order valence-corrected chi connectivity index (χ0v) is 8.62. The summed E-state index contributed by atoms with van der Waals surface area (Å²) in [7, 11) is 0. The minimum absolute atomic E-state index is 0.0613. The molecule has 0 amide bonds. The molecule has 1 rings (SSSR count). The molecule has 66 valence electrons. The third-order valence-corrected chi connectivity index (χ3v) is 3.71. The molecule has 4 heteroatoms. The Bertz CT molecular complexity index is 393. The molecular weight excluding hydrogens is 223 g/mol. The van der Waals surface area contributed by atoms with Crippen LogP contribution in [0.5, 0.6) is 0 Å². The van der Waals surface area contributed by atoms with Crippen molar-refractivity contribution in [3.63, 3.8) is 0 Å². The van der Waals surface area contributed by atoms with Crippen LogP contribution in [0.3, 0.4) is 0 Å². The van der Waals surface area contributed by atoms with E-state index < -0.39 is 13.0 Å². The summed E-state index contributed by atoms with van der Waals surface area (Å²) in [5.74, 6) is 0. The minimum atomic E-state index is -4.78. The second-order valence-corrected chi connectivity index (χ2v) is 5.66. The first-order valence-electron chi connectivity index (χ1n) is 3.46. The van der Waals surface area contributed by atoms with Crippen LogP contribution >= 0.6 is 0 Å². The third-order valence-electron chi connectivity index (χ3n) is 1.62. The monoisotopic (exact) mass is 234 g/mol. The van der Waals surface area contributed by atoms with E-state index in [0.29, 0.717) is 5.56 Å². The summed E-state index contributed by atoms with van der Waals surface area (Å²) in [4.78, 5) is 0. The molecule has 0 saturated heterocycles. The van der Waals surface area contributed by atoms with E-state index in [1.165, 1.54) is 6.07 Å². The van der Waals surface area contributed by atoms with Crippen LogP contribution in [0.15, 0.2) is 18.2 Å². The van der Waals surface area contributed by atoms with Crippen molar-refractivity contribution >= 4 is 17.5 Å². The van der Waals surface area contributed by atoms with Crippen LogP contribution in [0.25, 0.3) is 0 Å². The van der Waals surface area contributed by atoms with Gasteiger partial charge < -0.3 is 0 Å². The zero-order chi connectivity index (χ0) is 9.35. The number of rotatable bonds is 1. The van der Waals surface area contributed by atoms with E-state index in [4.69, 9.17) is 4.19 Å². The summed E-state index contributed by atoms with van der Waals surface area (Å²) >= 11 is -4.78. The SMILES string of the molecule is Cc1ccc(C)c([Se](=O)(=O)O)c1. The molecule has 0 aliphatic rings. The van der Waals surface area contributed by atoms with Crippen LogP contribution in [-0.4, -0.2) is 17.2 Å². The van der Waals surface area contributed by atoms with Crippen LogP contribution in [0.2, 0.25) is 0 Å². The predicted octanol–water partition coefficient (Wildman–Crippen LogP) is 0.303. The van der Waals surface area contributed by atoms with E-state index in [1.807, 2.05) is 6.07 Å². The normalized spacial score (nSPS) is 11.6. The van der Waals surface area contributed by atoms with Crippen molar-refractivity contribution in [3.05, 3.63) is 29.3 Å². The van der Waals surface area contributed by atoms with Gasteiger partial charge >= 0.3 is 72.5 Å². The van der Waals surface area contributed by atoms with Crippen molar-refractivity contribution in [2.24, 2.45) is 0 Å². The summed E-state index contributed by atoms with van der Waals surface area (Å²) in [6.07, 6.45) is 0. The fourth-order valence-electron chi connectivity index (χ4n) is 0.985. The summed E-state index contributed by atoms with van der Waals surface area (Å²) in [5.41, 5.74) is 1.42. The Labute approximate surface area is 73.0 Å². The van der Waals surface area contributed by atoms with Gasteiger partial charge in [-0.15, -0.1) is 0 Å². The first kappa shape index (κ1) is 9.39. The van der Waals surface area contributed by atoms with Crippen LogP contribution < -0.4 is 4.46 Å². The Kier molecular flexibility index (Phi) is 2.33. The molecular formula is C8H10O3Se. The second-order valence-electron chi connectivity index (χ2n) is 2.74. The van der Waals surface area contributed by atoms with E-state index in [1.54, 1.807) is 19.9 Å². The molecule has 0 fully saturated rings. The van der Waals surface area contributed by atoms with Gasteiger partial charge in [0, 0.05) is 0 Å². The van der Waals surface area contributed by atoms with Crippen molar-refractivity contribution in [1.29, 1.82) is 0 Å². The maximum absolute atomic E-state index is 10.8. The fraction of sp³-hybridized carbons (Fsp3) is 0.250. The molecule has 1 aromatic carbocycles. The third kappa shape index (κ3) is 1.91. The number of hydrogen-bond donors (Lipinski definition) is 1. The van der Waals surface area contributed by atoms with Gasteiger partial charge in [-0.25, -0.2) is 0 Å². The van der Waals surface area contributed by atoms with E-state index >= 15 is 0 Å². The molecule has 0 atom stereocenters. The average molecular weight is 233 g/mol. The molecule has 0 aromatic heterocycles. The van der Waals surface area contributed by atoms with Crippen LogP contribution in [0.1, 0.15) is 11.1 Å². The molecule has 0 aliphatic heterocycles. The first-order valence-corrected chi connectivity index (χ1v) is 6.48. The van der Waals surface area contributed by atoms with Gasteiger partial charge in [-0.3, -0.25) is 0 Å². The zero-order valence-electron chi connectivity index (χ0n) is 6.90. The molecule has 0 heterocycles. The molecule has 12 heavy (non-hydrogen) atoms. The van der Waals surface area contributed by atoms with Crippen molar-refractivity contribution in [1.82, 2.24) is 0 Å². The quantitative estimate of drug-likeness (QED) is 0.710. The van der Waals surface area contributed by atoms with E-state index in [-0.39, 0.29) is 4.46 Å². The predicted molar refractivity (Wildman–Crippen MR) is 44.9 cm³/mol. The Morgan fingerprint density at radius 1 is 1.25 bits per heavy atom. The van der Waals surface area contributed by atoms with Crippen molar-refractivity contribution < 1.29 is 11.9 Å². The Morgan fingerprint density at radius 2 is 1.83 bits per heavy atom. The van der Waals surface area contributed by atoms with E-state index in [0.717, 1.165) is 5.56 Å². The van der Waals surface area contributed by atoms with Crippen molar-refractivity contribution in [3.8, 4) is 0 Å². The fourth-order valence-corrected chi connectivity index (χ4v) is 2.68. The molecule has 0 bridgehead atoms. The topological polar surface area (TPSA) is 54.4 Å². The van der Waals surface area contributed by atoms with Gasteiger partial charge in [0.2, 0.25) is 0 Å². The number of benzene rings is 1. The maximum atomic E-state index is 10.8. The van der Waals surface area contributed by atoms with Gasteiger partial charge in [-0.1, -0.05) is 0 Å². The number of hydrogen-bond acceptors (Lipinski definition) is 2. The van der Waals surface area contributed by atoms with Crippen LogP contribution in [0, 0.1) is 13.8 Å². The molecule has 1 N–H and O–H groups in total. The van der Waals surface area contributed by atoms with Gasteiger partial charge in [-0.05, 0) is 0 Å². The summed E-state index contributed by atoms with van der Waals surface area (Å²) < 4.78 is 30.6. The second kappa shape index (κ2) is 2.98. The van der Waals surface area contributed by atoms with Gasteiger partial charge in [-0.2, -0.15) is 0 Å². The summed E-state index contributed by atoms with van der Waals surface area (Å²) in [6, 6.07) is 4.97.